The summed E-state index contributed by atoms with van der Waals surface area (Å²) in [6.45, 7) is 1.73. The van der Waals surface area contributed by atoms with E-state index in [1.54, 1.807) is 0 Å². The first kappa shape index (κ1) is 8.97. The van der Waals surface area contributed by atoms with Crippen LogP contribution in [0.5, 0.6) is 0 Å². The molecule has 11 heavy (non-hydrogen) atoms. The fraction of sp³-hybridized carbons (Fsp3) is 1.00. The van der Waals surface area contributed by atoms with Crippen LogP contribution in [0, 0.1) is 5.92 Å². The lowest BCUT2D eigenvalue weighted by atomic mass is 9.78. The maximum Gasteiger partial charge on any atom is 0.0904 e. The molecule has 0 unspecified atom stereocenters. The highest BCUT2D eigenvalue weighted by Gasteiger charge is 2.36. The molecule has 66 valence electrons. The van der Waals surface area contributed by atoms with Crippen LogP contribution in [0.4, 0.5) is 0 Å². The van der Waals surface area contributed by atoms with Crippen molar-refractivity contribution in [3.63, 3.8) is 0 Å². The van der Waals surface area contributed by atoms with Gasteiger partial charge in [0.05, 0.1) is 18.3 Å². The highest BCUT2D eigenvalue weighted by atomic mass is 16.3. The van der Waals surface area contributed by atoms with Gasteiger partial charge in [-0.2, -0.15) is 0 Å². The smallest absolute Gasteiger partial charge is 0.0904 e. The van der Waals surface area contributed by atoms with Crippen LogP contribution in [0.3, 0.4) is 0 Å². The van der Waals surface area contributed by atoms with Gasteiger partial charge in [0, 0.05) is 6.42 Å². The van der Waals surface area contributed by atoms with Gasteiger partial charge in [0.1, 0.15) is 0 Å². The van der Waals surface area contributed by atoms with Gasteiger partial charge in [-0.15, -0.1) is 0 Å². The summed E-state index contributed by atoms with van der Waals surface area (Å²) in [4.78, 5) is 0. The molecule has 0 heterocycles. The van der Waals surface area contributed by atoms with Crippen molar-refractivity contribution in [3.05, 3.63) is 0 Å². The Hall–Kier alpha value is -0.120. The molecule has 3 nitrogen and oxygen atoms in total. The van der Waals surface area contributed by atoms with Crippen molar-refractivity contribution in [2.75, 3.05) is 6.61 Å². The van der Waals surface area contributed by atoms with E-state index in [4.69, 9.17) is 5.11 Å². The summed E-state index contributed by atoms with van der Waals surface area (Å²) < 4.78 is 0. The number of aliphatic hydroxyl groups is 3. The molecule has 1 rings (SSSR count). The summed E-state index contributed by atoms with van der Waals surface area (Å²) in [5, 5.41) is 27.7. The minimum Gasteiger partial charge on any atom is -0.393 e. The van der Waals surface area contributed by atoms with Gasteiger partial charge in [-0.3, -0.25) is 0 Å². The molecule has 3 heteroatoms. The number of rotatable bonds is 1. The van der Waals surface area contributed by atoms with Crippen LogP contribution in [0.2, 0.25) is 0 Å². The Morgan fingerprint density at radius 1 is 1.45 bits per heavy atom. The predicted molar refractivity (Wildman–Crippen MR) is 41.1 cm³/mol. The van der Waals surface area contributed by atoms with E-state index in [0.29, 0.717) is 18.8 Å². The molecule has 1 fully saturated rings. The van der Waals surface area contributed by atoms with E-state index in [1.807, 2.05) is 6.92 Å². The second-order valence-corrected chi connectivity index (χ2v) is 3.79. The Bertz CT molecular complexity index is 125. The van der Waals surface area contributed by atoms with E-state index in [-0.39, 0.29) is 6.61 Å². The van der Waals surface area contributed by atoms with Gasteiger partial charge in [0.25, 0.3) is 0 Å². The van der Waals surface area contributed by atoms with Crippen molar-refractivity contribution < 1.29 is 15.3 Å². The van der Waals surface area contributed by atoms with Crippen molar-refractivity contribution in [1.82, 2.24) is 0 Å². The van der Waals surface area contributed by atoms with Gasteiger partial charge in [-0.25, -0.2) is 0 Å². The Morgan fingerprint density at radius 3 is 2.55 bits per heavy atom. The van der Waals surface area contributed by atoms with Crippen molar-refractivity contribution >= 4 is 0 Å². The van der Waals surface area contributed by atoms with Gasteiger partial charge in [-0.05, 0) is 18.8 Å². The first-order valence-electron chi connectivity index (χ1n) is 4.07. The van der Waals surface area contributed by atoms with Crippen LogP contribution < -0.4 is 0 Å². The molecule has 0 aromatic heterocycles. The van der Waals surface area contributed by atoms with Crippen LogP contribution in [-0.2, 0) is 0 Å². The average molecular weight is 160 g/mol. The average Bonchev–Trinajstić information content (AvgIpc) is 1.84. The first-order chi connectivity index (χ1) is 5.06. The molecule has 1 aliphatic rings. The lowest BCUT2D eigenvalue weighted by Gasteiger charge is -2.36. The Balaban J connectivity index is 2.55. The lowest BCUT2D eigenvalue weighted by Crippen LogP contribution is -2.43. The normalized spacial score (nSPS) is 45.8. The molecule has 1 saturated carbocycles. The minimum atomic E-state index is -1.03. The second kappa shape index (κ2) is 3.09. The molecular formula is C8H16O3. The standard InChI is InChI=1S/C8H16O3/c1-6-2-7(10)4-8(11,3-6)5-9/h6-7,9-11H,2-5H2,1H3/t6-,7-,8-/m0/s1. The molecule has 0 spiro atoms. The topological polar surface area (TPSA) is 60.7 Å². The van der Waals surface area contributed by atoms with Gasteiger partial charge in [0.15, 0.2) is 0 Å². The molecular weight excluding hydrogens is 144 g/mol. The maximum atomic E-state index is 9.61. The highest BCUT2D eigenvalue weighted by Crippen LogP contribution is 2.31. The quantitative estimate of drug-likeness (QED) is 0.501. The van der Waals surface area contributed by atoms with Crippen LogP contribution in [0.15, 0.2) is 0 Å². The van der Waals surface area contributed by atoms with E-state index in [0.717, 1.165) is 6.42 Å². The van der Waals surface area contributed by atoms with Gasteiger partial charge in [0.2, 0.25) is 0 Å². The summed E-state index contributed by atoms with van der Waals surface area (Å²) in [7, 11) is 0. The third-order valence-corrected chi connectivity index (χ3v) is 2.31. The molecule has 3 atom stereocenters. The van der Waals surface area contributed by atoms with Crippen LogP contribution in [-0.4, -0.2) is 33.6 Å². The summed E-state index contributed by atoms with van der Waals surface area (Å²) in [6.07, 6.45) is 1.20. The van der Waals surface area contributed by atoms with E-state index >= 15 is 0 Å². The molecule has 3 N–H and O–H groups in total. The Morgan fingerprint density at radius 2 is 2.09 bits per heavy atom. The third kappa shape index (κ3) is 2.15. The summed E-state index contributed by atoms with van der Waals surface area (Å²) in [6, 6.07) is 0. The number of hydrogen-bond donors (Lipinski definition) is 3. The van der Waals surface area contributed by atoms with E-state index in [1.165, 1.54) is 0 Å². The van der Waals surface area contributed by atoms with E-state index in [2.05, 4.69) is 0 Å². The van der Waals surface area contributed by atoms with E-state index in [9.17, 15) is 10.2 Å². The monoisotopic (exact) mass is 160 g/mol. The zero-order chi connectivity index (χ0) is 8.48. The maximum absolute atomic E-state index is 9.61. The van der Waals surface area contributed by atoms with Gasteiger partial charge >= 0.3 is 0 Å². The molecule has 0 amide bonds. The Kier molecular flexibility index (Phi) is 2.52. The number of hydrogen-bond acceptors (Lipinski definition) is 3. The van der Waals surface area contributed by atoms with Crippen molar-refractivity contribution in [3.8, 4) is 0 Å². The third-order valence-electron chi connectivity index (χ3n) is 2.31. The number of aliphatic hydroxyl groups excluding tert-OH is 2. The lowest BCUT2D eigenvalue weighted by molar-refractivity contribution is -0.0917. The fourth-order valence-electron chi connectivity index (χ4n) is 1.93. The minimum absolute atomic E-state index is 0.242. The van der Waals surface area contributed by atoms with Crippen molar-refractivity contribution in [2.24, 2.45) is 5.92 Å². The SMILES string of the molecule is C[C@H]1C[C@H](O)C[C@](O)(CO)C1. The Labute approximate surface area is 66.7 Å². The first-order valence-corrected chi connectivity index (χ1v) is 4.07. The molecule has 0 bridgehead atoms. The van der Waals surface area contributed by atoms with Crippen LogP contribution in [0.1, 0.15) is 26.2 Å². The zero-order valence-electron chi connectivity index (χ0n) is 6.82. The van der Waals surface area contributed by atoms with Gasteiger partial charge in [-0.1, -0.05) is 6.92 Å². The van der Waals surface area contributed by atoms with Crippen LogP contribution >= 0.6 is 0 Å². The summed E-state index contributed by atoms with van der Waals surface area (Å²) >= 11 is 0. The van der Waals surface area contributed by atoms with E-state index < -0.39 is 11.7 Å². The molecule has 0 radical (unpaired) electrons. The van der Waals surface area contributed by atoms with Crippen LogP contribution in [0.25, 0.3) is 0 Å². The second-order valence-electron chi connectivity index (χ2n) is 3.79. The highest BCUT2D eigenvalue weighted by molar-refractivity contribution is 4.88. The molecule has 0 aromatic carbocycles. The van der Waals surface area contributed by atoms with Crippen molar-refractivity contribution in [1.29, 1.82) is 0 Å². The molecule has 0 aliphatic heterocycles. The molecule has 1 aliphatic carbocycles. The fourth-order valence-corrected chi connectivity index (χ4v) is 1.93. The van der Waals surface area contributed by atoms with Crippen molar-refractivity contribution in [2.45, 2.75) is 37.9 Å². The molecule has 0 aromatic rings. The molecule has 0 saturated heterocycles. The zero-order valence-corrected chi connectivity index (χ0v) is 6.82. The largest absolute Gasteiger partial charge is 0.393 e. The summed E-state index contributed by atoms with van der Waals surface area (Å²) in [5.74, 6) is 0.302. The predicted octanol–water partition coefficient (Wildman–Crippen LogP) is -0.109. The summed E-state index contributed by atoms with van der Waals surface area (Å²) in [5.41, 5.74) is -1.03. The van der Waals surface area contributed by atoms with Gasteiger partial charge < -0.3 is 15.3 Å².